The fourth-order valence-corrected chi connectivity index (χ4v) is 1.50. The topological polar surface area (TPSA) is 24.9 Å². The molecule has 1 aliphatic heterocycles. The van der Waals surface area contributed by atoms with Gasteiger partial charge >= 0.3 is 0 Å². The molecule has 2 heterocycles. The van der Waals surface area contributed by atoms with Gasteiger partial charge in [0.25, 0.3) is 0 Å². The predicted octanol–water partition coefficient (Wildman–Crippen LogP) is 2.09. The monoisotopic (exact) mass is 196 g/mol. The van der Waals surface area contributed by atoms with Gasteiger partial charge in [-0.3, -0.25) is 4.98 Å². The van der Waals surface area contributed by atoms with Crippen molar-refractivity contribution >= 4 is 12.4 Å². The molecule has 0 bridgehead atoms. The van der Waals surface area contributed by atoms with Gasteiger partial charge in [-0.25, -0.2) is 0 Å². The van der Waals surface area contributed by atoms with Gasteiger partial charge in [0, 0.05) is 24.9 Å². The number of hydrogen-bond acceptors (Lipinski definition) is 2. The van der Waals surface area contributed by atoms with E-state index in [0.717, 1.165) is 13.0 Å². The molecule has 1 atom stereocenters. The van der Waals surface area contributed by atoms with E-state index in [1.165, 1.54) is 5.56 Å². The quantitative estimate of drug-likeness (QED) is 0.744. The summed E-state index contributed by atoms with van der Waals surface area (Å²) in [5.41, 5.74) is 1.38. The minimum Gasteiger partial charge on any atom is -0.391 e. The number of rotatable bonds is 1. The Morgan fingerprint density at radius 1 is 1.31 bits per heavy atom. The Morgan fingerprint density at radius 3 is 2.69 bits per heavy atom. The van der Waals surface area contributed by atoms with Crippen molar-refractivity contribution in [1.29, 1.82) is 0 Å². The Morgan fingerprint density at radius 2 is 2.08 bits per heavy atom. The maximum atomic E-state index is 4.00. The number of allylic oxidation sites excluding steroid dienone is 1. The lowest BCUT2D eigenvalue weighted by atomic mass is 9.95. The van der Waals surface area contributed by atoms with Gasteiger partial charge < -0.3 is 5.32 Å². The second kappa shape index (κ2) is 4.87. The van der Waals surface area contributed by atoms with Gasteiger partial charge in [-0.15, -0.1) is 12.4 Å². The fraction of sp³-hybridized carbons (Fsp3) is 0.300. The zero-order chi connectivity index (χ0) is 8.23. The van der Waals surface area contributed by atoms with Crippen LogP contribution in [0.2, 0.25) is 0 Å². The average molecular weight is 197 g/mol. The first kappa shape index (κ1) is 10.1. The van der Waals surface area contributed by atoms with Crippen LogP contribution in [-0.2, 0) is 0 Å². The zero-order valence-corrected chi connectivity index (χ0v) is 8.13. The molecule has 1 aromatic heterocycles. The molecule has 0 saturated carbocycles. The van der Waals surface area contributed by atoms with Gasteiger partial charge in [-0.05, 0) is 30.3 Å². The number of nitrogens with zero attached hydrogens (tertiary/aromatic N) is 1. The normalized spacial score (nSPS) is 20.2. The molecule has 0 saturated heterocycles. The summed E-state index contributed by atoms with van der Waals surface area (Å²) in [4.78, 5) is 4.00. The van der Waals surface area contributed by atoms with Crippen molar-refractivity contribution in [2.75, 3.05) is 6.54 Å². The SMILES string of the molecule is C1=CNCC(c2ccncc2)C1.Cl. The first-order valence-corrected chi connectivity index (χ1v) is 4.25. The highest BCUT2D eigenvalue weighted by Crippen LogP contribution is 2.20. The molecular weight excluding hydrogens is 184 g/mol. The summed E-state index contributed by atoms with van der Waals surface area (Å²) in [5, 5.41) is 3.23. The van der Waals surface area contributed by atoms with Crippen LogP contribution in [0.4, 0.5) is 0 Å². The Kier molecular flexibility index (Phi) is 3.77. The summed E-state index contributed by atoms with van der Waals surface area (Å²) in [6.07, 6.45) is 9.05. The van der Waals surface area contributed by atoms with Crippen LogP contribution in [0.15, 0.2) is 36.8 Å². The Labute approximate surface area is 84.5 Å². The highest BCUT2D eigenvalue weighted by molar-refractivity contribution is 5.85. The summed E-state index contributed by atoms with van der Waals surface area (Å²) in [7, 11) is 0. The van der Waals surface area contributed by atoms with Crippen molar-refractivity contribution in [3.05, 3.63) is 42.4 Å². The first-order chi connectivity index (χ1) is 5.97. The molecule has 1 unspecified atom stereocenters. The van der Waals surface area contributed by atoms with Gasteiger partial charge in [0.2, 0.25) is 0 Å². The minimum atomic E-state index is 0. The van der Waals surface area contributed by atoms with Crippen LogP contribution in [-0.4, -0.2) is 11.5 Å². The molecule has 0 fully saturated rings. The van der Waals surface area contributed by atoms with E-state index in [1.807, 2.05) is 18.6 Å². The van der Waals surface area contributed by atoms with E-state index in [0.29, 0.717) is 5.92 Å². The number of pyridine rings is 1. The molecule has 0 amide bonds. The molecule has 1 aliphatic rings. The largest absolute Gasteiger partial charge is 0.391 e. The van der Waals surface area contributed by atoms with Crippen molar-refractivity contribution < 1.29 is 0 Å². The molecule has 0 spiro atoms. The van der Waals surface area contributed by atoms with Gasteiger partial charge in [-0.1, -0.05) is 6.08 Å². The Bertz CT molecular complexity index is 272. The molecule has 2 rings (SSSR count). The molecule has 0 aliphatic carbocycles. The van der Waals surface area contributed by atoms with Crippen LogP contribution in [0.3, 0.4) is 0 Å². The smallest absolute Gasteiger partial charge is 0.0270 e. The second-order valence-corrected chi connectivity index (χ2v) is 3.02. The fourth-order valence-electron chi connectivity index (χ4n) is 1.50. The summed E-state index contributed by atoms with van der Waals surface area (Å²) < 4.78 is 0. The van der Waals surface area contributed by atoms with Crippen LogP contribution in [0.25, 0.3) is 0 Å². The lowest BCUT2D eigenvalue weighted by Gasteiger charge is -2.18. The van der Waals surface area contributed by atoms with Gasteiger partial charge in [0.1, 0.15) is 0 Å². The van der Waals surface area contributed by atoms with Crippen molar-refractivity contribution in [2.45, 2.75) is 12.3 Å². The van der Waals surface area contributed by atoms with E-state index < -0.39 is 0 Å². The maximum Gasteiger partial charge on any atom is 0.0270 e. The number of hydrogen-bond donors (Lipinski definition) is 1. The number of nitrogens with one attached hydrogen (secondary N) is 1. The van der Waals surface area contributed by atoms with Crippen LogP contribution in [0.5, 0.6) is 0 Å². The minimum absolute atomic E-state index is 0. The zero-order valence-electron chi connectivity index (χ0n) is 7.31. The Hall–Kier alpha value is -1.02. The average Bonchev–Trinajstić information content (AvgIpc) is 2.21. The summed E-state index contributed by atoms with van der Waals surface area (Å²) in [6.45, 7) is 1.04. The third-order valence-electron chi connectivity index (χ3n) is 2.20. The van der Waals surface area contributed by atoms with Crippen LogP contribution in [0, 0.1) is 0 Å². The van der Waals surface area contributed by atoms with Crippen molar-refractivity contribution in [3.63, 3.8) is 0 Å². The lowest BCUT2D eigenvalue weighted by Crippen LogP contribution is -2.19. The molecule has 1 aromatic rings. The molecular formula is C10H13ClN2. The van der Waals surface area contributed by atoms with E-state index in [1.54, 1.807) is 0 Å². The van der Waals surface area contributed by atoms with Gasteiger partial charge in [0.05, 0.1) is 0 Å². The highest BCUT2D eigenvalue weighted by Gasteiger charge is 2.10. The first-order valence-electron chi connectivity index (χ1n) is 4.25. The third kappa shape index (κ3) is 2.46. The van der Waals surface area contributed by atoms with Gasteiger partial charge in [-0.2, -0.15) is 0 Å². The number of halogens is 1. The second-order valence-electron chi connectivity index (χ2n) is 3.02. The van der Waals surface area contributed by atoms with Crippen LogP contribution < -0.4 is 5.32 Å². The summed E-state index contributed by atoms with van der Waals surface area (Å²) in [6, 6.07) is 4.18. The van der Waals surface area contributed by atoms with Crippen molar-refractivity contribution in [3.8, 4) is 0 Å². The van der Waals surface area contributed by atoms with Crippen molar-refractivity contribution in [1.82, 2.24) is 10.3 Å². The summed E-state index contributed by atoms with van der Waals surface area (Å²) >= 11 is 0. The van der Waals surface area contributed by atoms with E-state index in [9.17, 15) is 0 Å². The third-order valence-corrected chi connectivity index (χ3v) is 2.20. The summed E-state index contributed by atoms with van der Waals surface area (Å²) in [5.74, 6) is 0.623. The lowest BCUT2D eigenvalue weighted by molar-refractivity contribution is 0.625. The molecule has 3 heteroatoms. The predicted molar refractivity (Wildman–Crippen MR) is 56.0 cm³/mol. The number of aromatic nitrogens is 1. The van der Waals surface area contributed by atoms with E-state index in [2.05, 4.69) is 28.5 Å². The molecule has 0 radical (unpaired) electrons. The van der Waals surface area contributed by atoms with E-state index >= 15 is 0 Å². The highest BCUT2D eigenvalue weighted by atomic mass is 35.5. The molecule has 70 valence electrons. The Balaban J connectivity index is 0.000000845. The molecule has 2 nitrogen and oxygen atoms in total. The molecule has 0 aromatic carbocycles. The van der Waals surface area contributed by atoms with Crippen LogP contribution in [0.1, 0.15) is 17.9 Å². The standard InChI is InChI=1S/C10H12N2.ClH/c1-2-10(8-12-5-1)9-3-6-11-7-4-9;/h1,3-7,10,12H,2,8H2;1H. The molecule has 13 heavy (non-hydrogen) atoms. The van der Waals surface area contributed by atoms with Crippen LogP contribution >= 0.6 is 12.4 Å². The van der Waals surface area contributed by atoms with Crippen molar-refractivity contribution in [2.24, 2.45) is 0 Å². The van der Waals surface area contributed by atoms with E-state index in [-0.39, 0.29) is 12.4 Å². The maximum absolute atomic E-state index is 4.00. The van der Waals surface area contributed by atoms with E-state index in [4.69, 9.17) is 0 Å². The van der Waals surface area contributed by atoms with Gasteiger partial charge in [0.15, 0.2) is 0 Å². The molecule has 1 N–H and O–H groups in total.